The molecule has 1 aromatic carbocycles. The topological polar surface area (TPSA) is 55.4 Å². The minimum absolute atomic E-state index is 0.139. The second-order valence-electron chi connectivity index (χ2n) is 3.99. The fourth-order valence-corrected chi connectivity index (χ4v) is 1.79. The quantitative estimate of drug-likeness (QED) is 0.851. The number of hydrogen-bond acceptors (Lipinski definition) is 3. The molecule has 0 aliphatic heterocycles. The Morgan fingerprint density at radius 1 is 1.32 bits per heavy atom. The maximum absolute atomic E-state index is 12.0. The highest BCUT2D eigenvalue weighted by Crippen LogP contribution is 2.22. The van der Waals surface area contributed by atoms with Crippen molar-refractivity contribution in [2.75, 3.05) is 7.11 Å². The molecule has 1 N–H and O–H groups in total. The number of rotatable bonds is 5. The number of methoxy groups -OCH3 is 1. The minimum Gasteiger partial charge on any atom is -0.469 e. The number of ether oxygens (including phenoxy) is 1. The number of carbonyl (C=O) groups excluding carboxylic acids is 2. The first-order chi connectivity index (χ1) is 8.97. The van der Waals surface area contributed by atoms with Crippen molar-refractivity contribution in [1.29, 1.82) is 0 Å². The fourth-order valence-electron chi connectivity index (χ4n) is 1.49. The number of nitrogens with one attached hydrogen (secondary N) is 1. The second kappa shape index (κ2) is 7.36. The van der Waals surface area contributed by atoms with E-state index in [9.17, 15) is 9.59 Å². The maximum atomic E-state index is 12.0. The molecule has 0 aromatic heterocycles. The zero-order chi connectivity index (χ0) is 14.4. The first-order valence-electron chi connectivity index (χ1n) is 5.80. The summed E-state index contributed by atoms with van der Waals surface area (Å²) in [5.74, 6) is -0.657. The second-order valence-corrected chi connectivity index (χ2v) is 4.80. The summed E-state index contributed by atoms with van der Waals surface area (Å²) in [6.07, 6.45) is 0.766. The van der Waals surface area contributed by atoms with Gasteiger partial charge in [0.2, 0.25) is 0 Å². The minimum atomic E-state index is -0.360. The van der Waals surface area contributed by atoms with E-state index in [-0.39, 0.29) is 24.3 Å². The van der Waals surface area contributed by atoms with Gasteiger partial charge >= 0.3 is 5.97 Å². The largest absolute Gasteiger partial charge is 0.469 e. The van der Waals surface area contributed by atoms with Gasteiger partial charge in [-0.1, -0.05) is 30.1 Å². The SMILES string of the molecule is CCC(CC(=O)OC)NC(=O)c1ccc(Cl)c(Cl)c1. The van der Waals surface area contributed by atoms with E-state index in [1.807, 2.05) is 6.92 Å². The predicted octanol–water partition coefficient (Wildman–Crippen LogP) is 3.06. The van der Waals surface area contributed by atoms with Crippen LogP contribution in [-0.4, -0.2) is 25.0 Å². The van der Waals surface area contributed by atoms with E-state index in [1.54, 1.807) is 12.1 Å². The zero-order valence-electron chi connectivity index (χ0n) is 10.7. The standard InChI is InChI=1S/C13H15Cl2NO3/c1-3-9(7-12(17)19-2)16-13(18)8-4-5-10(14)11(15)6-8/h4-6,9H,3,7H2,1-2H3,(H,16,18). The summed E-state index contributed by atoms with van der Waals surface area (Å²) in [6.45, 7) is 1.88. The first kappa shape index (κ1) is 15.8. The molecule has 0 radical (unpaired) electrons. The smallest absolute Gasteiger partial charge is 0.307 e. The van der Waals surface area contributed by atoms with Crippen LogP contribution in [0.2, 0.25) is 10.0 Å². The zero-order valence-corrected chi connectivity index (χ0v) is 12.2. The molecule has 4 nitrogen and oxygen atoms in total. The van der Waals surface area contributed by atoms with Gasteiger partial charge in [-0.3, -0.25) is 9.59 Å². The average Bonchev–Trinajstić information content (AvgIpc) is 2.40. The van der Waals surface area contributed by atoms with Crippen LogP contribution in [0.15, 0.2) is 18.2 Å². The molecule has 1 amide bonds. The van der Waals surface area contributed by atoms with Gasteiger partial charge in [-0.05, 0) is 24.6 Å². The number of amides is 1. The van der Waals surface area contributed by atoms with E-state index in [0.717, 1.165) is 0 Å². The van der Waals surface area contributed by atoms with Crippen LogP contribution in [0.1, 0.15) is 30.1 Å². The lowest BCUT2D eigenvalue weighted by atomic mass is 10.1. The Morgan fingerprint density at radius 3 is 2.53 bits per heavy atom. The average molecular weight is 304 g/mol. The van der Waals surface area contributed by atoms with Crippen molar-refractivity contribution >= 4 is 35.1 Å². The van der Waals surface area contributed by atoms with Crippen LogP contribution in [0, 0.1) is 0 Å². The van der Waals surface area contributed by atoms with Crippen molar-refractivity contribution in [2.45, 2.75) is 25.8 Å². The van der Waals surface area contributed by atoms with Gasteiger partial charge in [0.15, 0.2) is 0 Å². The third-order valence-electron chi connectivity index (χ3n) is 2.65. The van der Waals surface area contributed by atoms with Gasteiger partial charge in [0.1, 0.15) is 0 Å². The van der Waals surface area contributed by atoms with Gasteiger partial charge in [-0.15, -0.1) is 0 Å². The monoisotopic (exact) mass is 303 g/mol. The summed E-state index contributed by atoms with van der Waals surface area (Å²) in [5, 5.41) is 3.46. The van der Waals surface area contributed by atoms with Crippen LogP contribution in [0.25, 0.3) is 0 Å². The van der Waals surface area contributed by atoms with Crippen molar-refractivity contribution in [1.82, 2.24) is 5.32 Å². The van der Waals surface area contributed by atoms with Gasteiger partial charge in [0.05, 0.1) is 23.6 Å². The summed E-state index contributed by atoms with van der Waals surface area (Å²) < 4.78 is 4.58. The highest BCUT2D eigenvalue weighted by molar-refractivity contribution is 6.42. The van der Waals surface area contributed by atoms with E-state index < -0.39 is 0 Å². The summed E-state index contributed by atoms with van der Waals surface area (Å²) in [5.41, 5.74) is 0.401. The predicted molar refractivity (Wildman–Crippen MR) is 74.6 cm³/mol. The summed E-state index contributed by atoms with van der Waals surface area (Å²) in [7, 11) is 1.32. The van der Waals surface area contributed by atoms with E-state index in [2.05, 4.69) is 10.1 Å². The first-order valence-corrected chi connectivity index (χ1v) is 6.56. The van der Waals surface area contributed by atoms with Crippen molar-refractivity contribution < 1.29 is 14.3 Å². The lowest BCUT2D eigenvalue weighted by Gasteiger charge is -2.15. The highest BCUT2D eigenvalue weighted by Gasteiger charge is 2.16. The van der Waals surface area contributed by atoms with Gasteiger partial charge < -0.3 is 10.1 Å². The molecule has 0 fully saturated rings. The summed E-state index contributed by atoms with van der Waals surface area (Å²) in [6, 6.07) is 4.35. The van der Waals surface area contributed by atoms with Crippen molar-refractivity contribution in [3.63, 3.8) is 0 Å². The molecule has 0 saturated heterocycles. The molecular weight excluding hydrogens is 289 g/mol. The molecule has 1 aromatic rings. The molecule has 0 bridgehead atoms. The number of hydrogen-bond donors (Lipinski definition) is 1. The third kappa shape index (κ3) is 4.73. The molecule has 0 aliphatic rings. The fraction of sp³-hybridized carbons (Fsp3) is 0.385. The van der Waals surface area contributed by atoms with E-state index in [1.165, 1.54) is 13.2 Å². The number of benzene rings is 1. The molecule has 0 heterocycles. The molecular formula is C13H15Cl2NO3. The van der Waals surface area contributed by atoms with Crippen molar-refractivity contribution in [3.8, 4) is 0 Å². The van der Waals surface area contributed by atoms with E-state index >= 15 is 0 Å². The van der Waals surface area contributed by atoms with Gasteiger partial charge in [0, 0.05) is 11.6 Å². The van der Waals surface area contributed by atoms with Gasteiger partial charge in [0.25, 0.3) is 5.91 Å². The van der Waals surface area contributed by atoms with Crippen LogP contribution in [0.5, 0.6) is 0 Å². The Kier molecular flexibility index (Phi) is 6.12. The summed E-state index contributed by atoms with van der Waals surface area (Å²) >= 11 is 11.6. The van der Waals surface area contributed by atoms with Gasteiger partial charge in [-0.2, -0.15) is 0 Å². The lowest BCUT2D eigenvalue weighted by Crippen LogP contribution is -2.36. The molecule has 0 spiro atoms. The molecule has 1 unspecified atom stereocenters. The number of halogens is 2. The molecule has 0 saturated carbocycles. The number of esters is 1. The van der Waals surface area contributed by atoms with Crippen molar-refractivity contribution in [2.24, 2.45) is 0 Å². The van der Waals surface area contributed by atoms with E-state index in [4.69, 9.17) is 23.2 Å². The highest BCUT2D eigenvalue weighted by atomic mass is 35.5. The number of carbonyl (C=O) groups is 2. The van der Waals surface area contributed by atoms with E-state index in [0.29, 0.717) is 22.0 Å². The normalized spacial score (nSPS) is 11.8. The lowest BCUT2D eigenvalue weighted by molar-refractivity contribution is -0.141. The Balaban J connectivity index is 2.71. The summed E-state index contributed by atoms with van der Waals surface area (Å²) in [4.78, 5) is 23.2. The Hall–Kier alpha value is -1.26. The molecule has 0 aliphatic carbocycles. The molecule has 19 heavy (non-hydrogen) atoms. The maximum Gasteiger partial charge on any atom is 0.307 e. The Bertz CT molecular complexity index is 477. The van der Waals surface area contributed by atoms with Gasteiger partial charge in [-0.25, -0.2) is 0 Å². The molecule has 1 rings (SSSR count). The van der Waals surface area contributed by atoms with Crippen molar-refractivity contribution in [3.05, 3.63) is 33.8 Å². The molecule has 104 valence electrons. The van der Waals surface area contributed by atoms with Crippen LogP contribution in [0.4, 0.5) is 0 Å². The third-order valence-corrected chi connectivity index (χ3v) is 3.39. The van der Waals surface area contributed by atoms with Crippen LogP contribution in [-0.2, 0) is 9.53 Å². The van der Waals surface area contributed by atoms with Crippen LogP contribution < -0.4 is 5.32 Å². The van der Waals surface area contributed by atoms with Crippen LogP contribution in [0.3, 0.4) is 0 Å². The van der Waals surface area contributed by atoms with Crippen LogP contribution >= 0.6 is 23.2 Å². The molecule has 1 atom stereocenters. The molecule has 6 heteroatoms. The Labute approximate surface area is 122 Å². The Morgan fingerprint density at radius 2 is 2.00 bits per heavy atom.